The van der Waals surface area contributed by atoms with Crippen molar-refractivity contribution in [3.05, 3.63) is 0 Å². The first-order valence-corrected chi connectivity index (χ1v) is 7.93. The third-order valence-corrected chi connectivity index (χ3v) is 4.67. The fraction of sp³-hybridized carbons (Fsp3) is 0.875. The number of rotatable bonds is 6. The van der Waals surface area contributed by atoms with E-state index in [0.29, 0.717) is 25.7 Å². The number of fused-ring (bicyclic) bond motifs is 1. The van der Waals surface area contributed by atoms with Crippen LogP contribution in [-0.4, -0.2) is 48.7 Å². The van der Waals surface area contributed by atoms with Gasteiger partial charge in [-0.1, -0.05) is 0 Å². The van der Waals surface area contributed by atoms with E-state index in [9.17, 15) is 9.90 Å². The number of nitrogens with zero attached hydrogens (tertiary/aromatic N) is 1. The molecule has 1 N–H and O–H groups in total. The van der Waals surface area contributed by atoms with E-state index in [4.69, 9.17) is 14.7 Å². The lowest BCUT2D eigenvalue weighted by atomic mass is 9.85. The normalized spacial score (nSPS) is 35.5. The summed E-state index contributed by atoms with van der Waals surface area (Å²) in [7, 11) is 1.37. The number of carbonyl (C=O) groups is 1. The first-order chi connectivity index (χ1) is 10.5. The quantitative estimate of drug-likeness (QED) is 0.749. The van der Waals surface area contributed by atoms with Gasteiger partial charge >= 0.3 is 5.97 Å². The van der Waals surface area contributed by atoms with E-state index >= 15 is 0 Å². The Hall–Kier alpha value is -1.16. The number of ether oxygens (including phenoxy) is 3. The molecule has 0 bridgehead atoms. The Balaban J connectivity index is 1.94. The number of nitriles is 1. The monoisotopic (exact) mass is 311 g/mol. The van der Waals surface area contributed by atoms with Crippen LogP contribution in [0.5, 0.6) is 0 Å². The smallest absolute Gasteiger partial charge is 0.305 e. The maximum atomic E-state index is 11.2. The van der Waals surface area contributed by atoms with Crippen molar-refractivity contribution in [2.45, 2.75) is 69.4 Å². The van der Waals surface area contributed by atoms with Crippen molar-refractivity contribution in [2.75, 3.05) is 13.7 Å². The Labute approximate surface area is 131 Å². The maximum absolute atomic E-state index is 11.2. The molecule has 22 heavy (non-hydrogen) atoms. The summed E-state index contributed by atoms with van der Waals surface area (Å²) >= 11 is 0. The molecule has 0 saturated carbocycles. The first kappa shape index (κ1) is 17.2. The fourth-order valence-corrected chi connectivity index (χ4v) is 3.47. The number of aliphatic hydroxyl groups is 1. The third-order valence-electron chi connectivity index (χ3n) is 4.67. The lowest BCUT2D eigenvalue weighted by Crippen LogP contribution is -2.51. The number of hydrogen-bond acceptors (Lipinski definition) is 6. The molecule has 0 radical (unpaired) electrons. The zero-order valence-electron chi connectivity index (χ0n) is 13.3. The highest BCUT2D eigenvalue weighted by Gasteiger charge is 2.52. The molecule has 2 aliphatic heterocycles. The predicted octanol–water partition coefficient (Wildman–Crippen LogP) is 1.56. The zero-order valence-corrected chi connectivity index (χ0v) is 13.3. The molecule has 2 saturated heterocycles. The molecule has 0 spiro atoms. The van der Waals surface area contributed by atoms with Gasteiger partial charge in [0.05, 0.1) is 38.1 Å². The van der Waals surface area contributed by atoms with E-state index in [2.05, 4.69) is 10.8 Å². The summed E-state index contributed by atoms with van der Waals surface area (Å²) in [6.07, 6.45) is 3.57. The Morgan fingerprint density at radius 2 is 2.27 bits per heavy atom. The van der Waals surface area contributed by atoms with Crippen LogP contribution in [0.1, 0.15) is 45.4 Å². The third kappa shape index (κ3) is 3.78. The minimum absolute atomic E-state index is 0.0130. The summed E-state index contributed by atoms with van der Waals surface area (Å²) in [5.74, 6) is -0.312. The number of methoxy groups -OCH3 is 1. The Morgan fingerprint density at radius 3 is 2.91 bits per heavy atom. The fourth-order valence-electron chi connectivity index (χ4n) is 3.47. The van der Waals surface area contributed by atoms with Gasteiger partial charge in [0.15, 0.2) is 0 Å². The van der Waals surface area contributed by atoms with Crippen molar-refractivity contribution in [3.63, 3.8) is 0 Å². The van der Waals surface area contributed by atoms with E-state index in [-0.39, 0.29) is 36.8 Å². The summed E-state index contributed by atoms with van der Waals surface area (Å²) in [5.41, 5.74) is -0.682. The molecule has 2 rings (SSSR count). The Morgan fingerprint density at radius 1 is 1.50 bits per heavy atom. The molecule has 6 heteroatoms. The number of aliphatic hydroxyl groups excluding tert-OH is 1. The summed E-state index contributed by atoms with van der Waals surface area (Å²) in [6.45, 7) is 1.79. The van der Waals surface area contributed by atoms with Crippen molar-refractivity contribution >= 4 is 5.97 Å². The van der Waals surface area contributed by atoms with Crippen LogP contribution in [0.25, 0.3) is 0 Å². The van der Waals surface area contributed by atoms with Crippen LogP contribution < -0.4 is 0 Å². The second-order valence-corrected chi connectivity index (χ2v) is 6.37. The molecule has 6 nitrogen and oxygen atoms in total. The Bertz CT molecular complexity index is 435. The van der Waals surface area contributed by atoms with Crippen LogP contribution in [0.4, 0.5) is 0 Å². The highest BCUT2D eigenvalue weighted by Crippen LogP contribution is 2.43. The number of carbonyl (C=O) groups excluding carboxylic acids is 1. The highest BCUT2D eigenvalue weighted by atomic mass is 16.6. The lowest BCUT2D eigenvalue weighted by molar-refractivity contribution is -0.185. The van der Waals surface area contributed by atoms with Crippen molar-refractivity contribution in [1.82, 2.24) is 0 Å². The maximum Gasteiger partial charge on any atom is 0.305 e. The summed E-state index contributed by atoms with van der Waals surface area (Å²) in [4.78, 5) is 11.2. The average molecular weight is 311 g/mol. The molecular formula is C16H25NO5. The first-order valence-electron chi connectivity index (χ1n) is 7.93. The molecule has 0 aromatic heterocycles. The van der Waals surface area contributed by atoms with Gasteiger partial charge in [-0.05, 0) is 32.6 Å². The van der Waals surface area contributed by atoms with Gasteiger partial charge in [-0.3, -0.25) is 4.79 Å². The predicted molar refractivity (Wildman–Crippen MR) is 77.8 cm³/mol. The Kier molecular flexibility index (Phi) is 5.79. The second kappa shape index (κ2) is 7.40. The molecule has 0 aliphatic carbocycles. The lowest BCUT2D eigenvalue weighted by Gasteiger charge is -2.41. The van der Waals surface area contributed by atoms with Gasteiger partial charge in [0, 0.05) is 18.8 Å². The average Bonchev–Trinajstić information content (AvgIpc) is 2.90. The van der Waals surface area contributed by atoms with Crippen LogP contribution in [0.3, 0.4) is 0 Å². The van der Waals surface area contributed by atoms with Crippen molar-refractivity contribution in [2.24, 2.45) is 5.92 Å². The number of hydrogen-bond donors (Lipinski definition) is 1. The molecule has 2 aliphatic rings. The van der Waals surface area contributed by atoms with Crippen LogP contribution in [-0.2, 0) is 19.0 Å². The molecular weight excluding hydrogens is 286 g/mol. The summed E-state index contributed by atoms with van der Waals surface area (Å²) in [6, 6.07) is 2.23. The molecule has 0 aromatic carbocycles. The van der Waals surface area contributed by atoms with Crippen molar-refractivity contribution in [3.8, 4) is 6.07 Å². The van der Waals surface area contributed by atoms with Crippen molar-refractivity contribution in [1.29, 1.82) is 5.26 Å². The van der Waals surface area contributed by atoms with E-state index in [1.807, 2.05) is 6.92 Å². The molecule has 2 heterocycles. The van der Waals surface area contributed by atoms with Gasteiger partial charge in [-0.2, -0.15) is 5.26 Å². The van der Waals surface area contributed by atoms with Crippen LogP contribution in [0.2, 0.25) is 0 Å². The molecule has 0 amide bonds. The van der Waals surface area contributed by atoms with Gasteiger partial charge in [0.2, 0.25) is 0 Å². The van der Waals surface area contributed by atoms with E-state index < -0.39 is 5.60 Å². The van der Waals surface area contributed by atoms with Crippen LogP contribution >= 0.6 is 0 Å². The molecule has 124 valence electrons. The summed E-state index contributed by atoms with van der Waals surface area (Å²) < 4.78 is 16.8. The number of esters is 1. The molecule has 2 unspecified atom stereocenters. The van der Waals surface area contributed by atoms with Gasteiger partial charge in [-0.25, -0.2) is 0 Å². The van der Waals surface area contributed by atoms with Gasteiger partial charge in [0.1, 0.15) is 5.60 Å². The van der Waals surface area contributed by atoms with Crippen LogP contribution in [0, 0.1) is 17.2 Å². The minimum atomic E-state index is -0.682. The van der Waals surface area contributed by atoms with Gasteiger partial charge in [-0.15, -0.1) is 0 Å². The summed E-state index contributed by atoms with van der Waals surface area (Å²) in [5, 5.41) is 18.8. The minimum Gasteiger partial charge on any atom is -0.469 e. The molecule has 2 fully saturated rings. The van der Waals surface area contributed by atoms with E-state index in [1.54, 1.807) is 0 Å². The molecule has 5 atom stereocenters. The van der Waals surface area contributed by atoms with E-state index in [1.165, 1.54) is 7.11 Å². The zero-order chi connectivity index (χ0) is 16.2. The largest absolute Gasteiger partial charge is 0.469 e. The van der Waals surface area contributed by atoms with Gasteiger partial charge < -0.3 is 19.3 Å². The molecule has 0 aromatic rings. The van der Waals surface area contributed by atoms with Gasteiger partial charge in [0.25, 0.3) is 0 Å². The van der Waals surface area contributed by atoms with Crippen molar-refractivity contribution < 1.29 is 24.1 Å². The SMILES string of the molecule is COC(=O)CCC1C[C@]2(CO)OC(C[C@@H](C)C#N)CC[C@@H]2O1. The second-order valence-electron chi connectivity index (χ2n) is 6.37. The topological polar surface area (TPSA) is 88.8 Å². The standard InChI is InChI=1S/C16H25NO5/c1-11(9-17)7-12-3-5-14-16(10-18,22-12)8-13(21-14)4-6-15(19)20-2/h11-14,18H,3-8,10H2,1-2H3/t11-,12?,13?,14+,16-/m1/s1. The van der Waals surface area contributed by atoms with Crippen LogP contribution in [0.15, 0.2) is 0 Å². The van der Waals surface area contributed by atoms with E-state index in [0.717, 1.165) is 12.8 Å². The highest BCUT2D eigenvalue weighted by molar-refractivity contribution is 5.69.